The third kappa shape index (κ3) is 26.6. The number of likely N-dealkylation sites (tertiary alicyclic amines) is 1. The SMILES string of the molecule is CC[C@H](C)[C@H](NC(=O)[C@@H](NC(=O)[C@H](CCC(=O)O)NC(=O)[C@H](CCC(N)=O)NC(=O)[C@@H]1CCCN1C(=O)[C@H](CC(N)=O)NC(=O)[C@H](CC(=O)O)NC(=O)[C@H](CCC(N)=O)NC(=O)[C@@H](N)CC(C)C)C(C)C)C(=O)N[C@@H](CCCCN)C(=O)O. The number of unbranched alkanes of at least 4 members (excludes halogenated alkanes) is 1. The lowest BCUT2D eigenvalue weighted by atomic mass is 9.95. The van der Waals surface area contributed by atoms with Gasteiger partial charge in [-0.2, -0.15) is 0 Å². The van der Waals surface area contributed by atoms with Gasteiger partial charge in [-0.25, -0.2) is 4.79 Å². The van der Waals surface area contributed by atoms with E-state index >= 15 is 0 Å². The fraction of sp³-hybridized carbons (Fsp3) is 0.706. The van der Waals surface area contributed by atoms with Gasteiger partial charge in [0.25, 0.3) is 0 Å². The third-order valence-electron chi connectivity index (χ3n) is 13.4. The van der Waals surface area contributed by atoms with Crippen LogP contribution >= 0.6 is 0 Å². The molecule has 1 heterocycles. The second kappa shape index (κ2) is 36.4. The van der Waals surface area contributed by atoms with Gasteiger partial charge in [0.15, 0.2) is 0 Å². The van der Waals surface area contributed by atoms with Crippen molar-refractivity contribution in [3.8, 4) is 0 Å². The average Bonchev–Trinajstić information content (AvgIpc) is 4.13. The number of rotatable bonds is 40. The Morgan fingerprint density at radius 1 is 0.518 bits per heavy atom. The number of carboxylic acid groups (broad SMARTS) is 3. The first-order valence-electron chi connectivity index (χ1n) is 27.4. The second-order valence-corrected chi connectivity index (χ2v) is 21.2. The second-order valence-electron chi connectivity index (χ2n) is 21.2. The van der Waals surface area contributed by atoms with Gasteiger partial charge in [-0.05, 0) is 82.1 Å². The van der Waals surface area contributed by atoms with Crippen molar-refractivity contribution in [3.63, 3.8) is 0 Å². The van der Waals surface area contributed by atoms with E-state index in [-0.39, 0.29) is 38.1 Å². The normalized spacial score (nSPS) is 16.6. The molecule has 1 rings (SSSR count). The van der Waals surface area contributed by atoms with E-state index in [2.05, 4.69) is 42.5 Å². The fourth-order valence-corrected chi connectivity index (χ4v) is 8.66. The maximum Gasteiger partial charge on any atom is 0.326 e. The van der Waals surface area contributed by atoms with E-state index in [0.717, 1.165) is 4.90 Å². The monoisotopic (exact) mass is 1180 g/mol. The lowest BCUT2D eigenvalue weighted by Crippen LogP contribution is -2.61. The van der Waals surface area contributed by atoms with E-state index in [1.54, 1.807) is 27.7 Å². The van der Waals surface area contributed by atoms with Crippen LogP contribution in [0.15, 0.2) is 0 Å². The van der Waals surface area contributed by atoms with Gasteiger partial charge in [-0.1, -0.05) is 48.0 Å². The highest BCUT2D eigenvalue weighted by Gasteiger charge is 2.42. The Labute approximate surface area is 480 Å². The summed E-state index contributed by atoms with van der Waals surface area (Å²) in [5, 5.41) is 48.0. The molecule has 1 fully saturated rings. The summed E-state index contributed by atoms with van der Waals surface area (Å²) in [5.74, 6) is -18.2. The maximum absolute atomic E-state index is 14.2. The van der Waals surface area contributed by atoms with Crippen LogP contribution in [-0.2, 0) is 71.9 Å². The molecule has 0 bridgehead atoms. The highest BCUT2D eigenvalue weighted by molar-refractivity contribution is 6.00. The highest BCUT2D eigenvalue weighted by Crippen LogP contribution is 2.21. The predicted octanol–water partition coefficient (Wildman–Crippen LogP) is -5.11. The van der Waals surface area contributed by atoms with Crippen LogP contribution in [0, 0.1) is 17.8 Å². The summed E-state index contributed by atoms with van der Waals surface area (Å²) in [6, 6.07) is -15.6. The van der Waals surface area contributed by atoms with E-state index in [9.17, 15) is 87.2 Å². The number of carboxylic acids is 3. The summed E-state index contributed by atoms with van der Waals surface area (Å²) in [7, 11) is 0. The standard InChI is InChI=1S/C51H86N14O18/c1-7-26(6)41(49(80)60-31(51(82)83)11-8-9-19-52)64-48(79)40(25(4)5)63-45(76)30(15-18-38(69)70)58-43(74)29(14-17-36(55)67)59-47(78)34-12-10-20-65(34)50(81)33(22-37(56)68)62-46(77)32(23-39(71)72)61-44(75)28(13-16-35(54)66)57-42(73)27(53)21-24(2)3/h24-34,40-41H,7-23,52-53H2,1-6H3,(H2,54,66)(H2,55,67)(H2,56,68)(H,57,73)(H,58,74)(H,59,78)(H,60,80)(H,61,75)(H,62,77)(H,63,76)(H,64,79)(H,69,70)(H,71,72)(H,82,83)/t26-,27-,28-,29-,30-,31-,32-,33-,34-,40-,41-/m0/s1. The molecule has 1 aliphatic rings. The molecule has 11 atom stereocenters. The Morgan fingerprint density at radius 3 is 1.47 bits per heavy atom. The molecule has 0 spiro atoms. The van der Waals surface area contributed by atoms with Crippen LogP contribution < -0.4 is 71.2 Å². The van der Waals surface area contributed by atoms with Gasteiger partial charge in [-0.3, -0.25) is 67.1 Å². The smallest absolute Gasteiger partial charge is 0.326 e. The maximum atomic E-state index is 14.2. The molecule has 83 heavy (non-hydrogen) atoms. The van der Waals surface area contributed by atoms with Gasteiger partial charge in [0.2, 0.25) is 70.9 Å². The summed E-state index contributed by atoms with van der Waals surface area (Å²) in [5.41, 5.74) is 27.6. The minimum absolute atomic E-state index is 0.0509. The van der Waals surface area contributed by atoms with Crippen molar-refractivity contribution in [2.45, 2.75) is 198 Å². The topological polar surface area (TPSA) is 546 Å². The molecule has 1 aliphatic heterocycles. The molecule has 0 aromatic heterocycles. The fourth-order valence-electron chi connectivity index (χ4n) is 8.66. The molecule has 0 radical (unpaired) electrons. The first kappa shape index (κ1) is 73.0. The number of nitrogens with one attached hydrogen (secondary N) is 8. The first-order valence-corrected chi connectivity index (χ1v) is 27.4. The molecule has 1 saturated heterocycles. The molecule has 0 unspecified atom stereocenters. The van der Waals surface area contributed by atoms with Crippen LogP contribution in [0.5, 0.6) is 0 Å². The summed E-state index contributed by atoms with van der Waals surface area (Å²) in [6.07, 6.45) is -3.86. The zero-order valence-corrected chi connectivity index (χ0v) is 47.8. The zero-order valence-electron chi connectivity index (χ0n) is 47.8. The van der Waals surface area contributed by atoms with Crippen molar-refractivity contribution in [1.82, 2.24) is 47.4 Å². The Bertz CT molecular complexity index is 2340. The number of primary amides is 3. The van der Waals surface area contributed by atoms with Crippen LogP contribution in [-0.4, -0.2) is 183 Å². The van der Waals surface area contributed by atoms with Crippen molar-refractivity contribution in [1.29, 1.82) is 0 Å². The summed E-state index contributed by atoms with van der Waals surface area (Å²) in [4.78, 5) is 197. The summed E-state index contributed by atoms with van der Waals surface area (Å²) < 4.78 is 0. The average molecular weight is 1180 g/mol. The molecule has 0 aromatic carbocycles. The van der Waals surface area contributed by atoms with Crippen LogP contribution in [0.2, 0.25) is 0 Å². The van der Waals surface area contributed by atoms with E-state index < -0.39 is 212 Å². The number of amides is 12. The molecule has 0 aromatic rings. The van der Waals surface area contributed by atoms with Crippen LogP contribution in [0.4, 0.5) is 0 Å². The Morgan fingerprint density at radius 2 is 0.988 bits per heavy atom. The minimum atomic E-state index is -2.00. The van der Waals surface area contributed by atoms with Crippen molar-refractivity contribution in [2.24, 2.45) is 46.4 Å². The molecule has 21 N–H and O–H groups in total. The molecule has 0 saturated carbocycles. The van der Waals surface area contributed by atoms with Gasteiger partial charge in [0, 0.05) is 25.8 Å². The molecule has 12 amide bonds. The van der Waals surface area contributed by atoms with Crippen LogP contribution in [0.1, 0.15) is 138 Å². The van der Waals surface area contributed by atoms with Crippen molar-refractivity contribution in [2.75, 3.05) is 13.1 Å². The molecule has 0 aliphatic carbocycles. The Balaban J connectivity index is 3.53. The van der Waals surface area contributed by atoms with E-state index in [0.29, 0.717) is 25.8 Å². The third-order valence-corrected chi connectivity index (χ3v) is 13.4. The Kier molecular flexibility index (Phi) is 32.0. The molecule has 32 nitrogen and oxygen atoms in total. The van der Waals surface area contributed by atoms with Gasteiger partial charge < -0.3 is 91.4 Å². The Hall–Kier alpha value is -8.03. The molecule has 468 valence electrons. The number of aliphatic carboxylic acids is 3. The lowest BCUT2D eigenvalue weighted by molar-refractivity contribution is -0.144. The van der Waals surface area contributed by atoms with E-state index in [1.165, 1.54) is 13.8 Å². The van der Waals surface area contributed by atoms with E-state index in [1.807, 2.05) is 0 Å². The summed E-state index contributed by atoms with van der Waals surface area (Å²) in [6.45, 7) is 10.0. The number of hydrogen-bond donors (Lipinski definition) is 16. The minimum Gasteiger partial charge on any atom is -0.481 e. The molecule has 32 heteroatoms. The van der Waals surface area contributed by atoms with Gasteiger partial charge in [0.05, 0.1) is 18.9 Å². The van der Waals surface area contributed by atoms with E-state index in [4.69, 9.17) is 28.7 Å². The highest BCUT2D eigenvalue weighted by atomic mass is 16.4. The van der Waals surface area contributed by atoms with Crippen molar-refractivity contribution in [3.05, 3.63) is 0 Å². The molecular weight excluding hydrogens is 1100 g/mol. The number of carbonyl (C=O) groups excluding carboxylic acids is 12. The quantitative estimate of drug-likeness (QED) is 0.0255. The number of hydrogen-bond acceptors (Lipinski definition) is 17. The first-order chi connectivity index (χ1) is 38.7. The van der Waals surface area contributed by atoms with Gasteiger partial charge in [0.1, 0.15) is 54.4 Å². The zero-order chi connectivity index (χ0) is 63.4. The van der Waals surface area contributed by atoms with Crippen molar-refractivity contribution >= 4 is 88.8 Å². The number of nitrogens with zero attached hydrogens (tertiary/aromatic N) is 1. The number of nitrogens with two attached hydrogens (primary N) is 5. The largest absolute Gasteiger partial charge is 0.481 e. The van der Waals surface area contributed by atoms with Gasteiger partial charge >= 0.3 is 17.9 Å². The number of carbonyl (C=O) groups is 15. The predicted molar refractivity (Wildman–Crippen MR) is 292 cm³/mol. The van der Waals surface area contributed by atoms with Crippen LogP contribution in [0.3, 0.4) is 0 Å². The molecular formula is C51H86N14O18. The van der Waals surface area contributed by atoms with Crippen LogP contribution in [0.25, 0.3) is 0 Å². The summed E-state index contributed by atoms with van der Waals surface area (Å²) >= 11 is 0. The lowest BCUT2D eigenvalue weighted by Gasteiger charge is -2.31. The van der Waals surface area contributed by atoms with Gasteiger partial charge in [-0.15, -0.1) is 0 Å². The van der Waals surface area contributed by atoms with Crippen molar-refractivity contribution < 1.29 is 87.2 Å².